The first-order valence-electron chi connectivity index (χ1n) is 5.57. The Morgan fingerprint density at radius 2 is 2.27 bits per heavy atom. The summed E-state index contributed by atoms with van der Waals surface area (Å²) in [6, 6.07) is 2.61. The van der Waals surface area contributed by atoms with Crippen LogP contribution in [0.4, 0.5) is 11.6 Å². The molecule has 1 unspecified atom stereocenters. The number of hydrogen-bond acceptors (Lipinski definition) is 4. The van der Waals surface area contributed by atoms with E-state index in [4.69, 9.17) is 0 Å². The zero-order valence-corrected chi connectivity index (χ0v) is 9.40. The van der Waals surface area contributed by atoms with Crippen molar-refractivity contribution in [3.63, 3.8) is 0 Å². The highest BCUT2D eigenvalue weighted by Crippen LogP contribution is 2.23. The van der Waals surface area contributed by atoms with Crippen LogP contribution in [0.3, 0.4) is 0 Å². The van der Waals surface area contributed by atoms with E-state index in [1.54, 1.807) is 6.33 Å². The van der Waals surface area contributed by atoms with Crippen LogP contribution in [0.1, 0.15) is 26.2 Å². The molecule has 1 aromatic heterocycles. The molecule has 1 aromatic rings. The molecule has 82 valence electrons. The van der Waals surface area contributed by atoms with E-state index in [0.717, 1.165) is 18.2 Å². The summed E-state index contributed by atoms with van der Waals surface area (Å²) < 4.78 is 0. The van der Waals surface area contributed by atoms with Crippen molar-refractivity contribution < 1.29 is 0 Å². The summed E-state index contributed by atoms with van der Waals surface area (Å²) in [5.74, 6) is 1.93. The van der Waals surface area contributed by atoms with Gasteiger partial charge in [-0.1, -0.05) is 0 Å². The third-order valence-corrected chi connectivity index (χ3v) is 3.01. The van der Waals surface area contributed by atoms with Gasteiger partial charge in [0.2, 0.25) is 0 Å². The maximum Gasteiger partial charge on any atom is 0.134 e. The van der Waals surface area contributed by atoms with E-state index in [1.165, 1.54) is 19.3 Å². The van der Waals surface area contributed by atoms with Crippen molar-refractivity contribution in [3.8, 4) is 0 Å². The minimum Gasteiger partial charge on any atom is -0.373 e. The van der Waals surface area contributed by atoms with E-state index in [1.807, 2.05) is 13.1 Å². The molecule has 0 radical (unpaired) electrons. The molecule has 1 saturated heterocycles. The standard InChI is InChI=1S/C11H18N4/c1-9-5-3-4-6-15(9)11-7-10(12-2)13-8-14-11/h7-9H,3-6H2,1-2H3,(H,12,13,14). The molecule has 1 aliphatic rings. The summed E-state index contributed by atoms with van der Waals surface area (Å²) in [7, 11) is 1.88. The molecule has 4 nitrogen and oxygen atoms in total. The Bertz CT molecular complexity index is 326. The van der Waals surface area contributed by atoms with Gasteiger partial charge in [-0.25, -0.2) is 9.97 Å². The second kappa shape index (κ2) is 4.47. The monoisotopic (exact) mass is 206 g/mol. The van der Waals surface area contributed by atoms with Gasteiger partial charge in [-0.15, -0.1) is 0 Å². The highest BCUT2D eigenvalue weighted by Gasteiger charge is 2.19. The Balaban J connectivity index is 2.19. The second-order valence-corrected chi connectivity index (χ2v) is 4.05. The fourth-order valence-corrected chi connectivity index (χ4v) is 2.08. The van der Waals surface area contributed by atoms with Gasteiger partial charge in [-0.05, 0) is 26.2 Å². The number of anilines is 2. The number of nitrogens with zero attached hydrogens (tertiary/aromatic N) is 3. The molecular weight excluding hydrogens is 188 g/mol. The molecule has 2 rings (SSSR count). The predicted molar refractivity (Wildman–Crippen MR) is 62.2 cm³/mol. The lowest BCUT2D eigenvalue weighted by Gasteiger charge is -2.34. The Kier molecular flexibility index (Phi) is 3.04. The molecule has 1 aliphatic heterocycles. The molecule has 0 aromatic carbocycles. The molecule has 0 aliphatic carbocycles. The Morgan fingerprint density at radius 3 is 3.00 bits per heavy atom. The largest absolute Gasteiger partial charge is 0.373 e. The van der Waals surface area contributed by atoms with E-state index in [9.17, 15) is 0 Å². The number of hydrogen-bond donors (Lipinski definition) is 1. The average molecular weight is 206 g/mol. The SMILES string of the molecule is CNc1cc(N2CCCCC2C)ncn1. The Labute approximate surface area is 90.7 Å². The molecule has 0 amide bonds. The molecule has 4 heteroatoms. The summed E-state index contributed by atoms with van der Waals surface area (Å²) in [6.07, 6.45) is 5.49. The van der Waals surface area contributed by atoms with E-state index < -0.39 is 0 Å². The van der Waals surface area contributed by atoms with Crippen LogP contribution in [0.5, 0.6) is 0 Å². The molecule has 15 heavy (non-hydrogen) atoms. The van der Waals surface area contributed by atoms with Crippen LogP contribution >= 0.6 is 0 Å². The maximum atomic E-state index is 4.34. The quantitative estimate of drug-likeness (QED) is 0.802. The van der Waals surface area contributed by atoms with Gasteiger partial charge in [-0.3, -0.25) is 0 Å². The van der Waals surface area contributed by atoms with Gasteiger partial charge in [0.1, 0.15) is 18.0 Å². The summed E-state index contributed by atoms with van der Waals surface area (Å²) in [4.78, 5) is 10.8. The van der Waals surface area contributed by atoms with E-state index in [-0.39, 0.29) is 0 Å². The highest BCUT2D eigenvalue weighted by molar-refractivity contribution is 5.48. The maximum absolute atomic E-state index is 4.34. The lowest BCUT2D eigenvalue weighted by atomic mass is 10.0. The van der Waals surface area contributed by atoms with Gasteiger partial charge in [-0.2, -0.15) is 0 Å². The first-order chi connectivity index (χ1) is 7.31. The van der Waals surface area contributed by atoms with Crippen molar-refractivity contribution in [1.29, 1.82) is 0 Å². The lowest BCUT2D eigenvalue weighted by molar-refractivity contribution is 0.481. The summed E-state index contributed by atoms with van der Waals surface area (Å²) >= 11 is 0. The number of rotatable bonds is 2. The Hall–Kier alpha value is -1.32. The first kappa shape index (κ1) is 10.2. The highest BCUT2D eigenvalue weighted by atomic mass is 15.2. The van der Waals surface area contributed by atoms with Crippen LogP contribution in [-0.4, -0.2) is 29.6 Å². The Morgan fingerprint density at radius 1 is 1.40 bits per heavy atom. The van der Waals surface area contributed by atoms with Crippen LogP contribution in [0.25, 0.3) is 0 Å². The first-order valence-corrected chi connectivity index (χ1v) is 5.57. The van der Waals surface area contributed by atoms with Crippen LogP contribution in [0, 0.1) is 0 Å². The minimum absolute atomic E-state index is 0.596. The van der Waals surface area contributed by atoms with Crippen molar-refractivity contribution in [2.45, 2.75) is 32.2 Å². The van der Waals surface area contributed by atoms with E-state index in [2.05, 4.69) is 27.1 Å². The van der Waals surface area contributed by atoms with Gasteiger partial charge in [0, 0.05) is 25.7 Å². The van der Waals surface area contributed by atoms with Crippen LogP contribution < -0.4 is 10.2 Å². The van der Waals surface area contributed by atoms with Crippen molar-refractivity contribution in [2.75, 3.05) is 23.8 Å². The number of piperidine rings is 1. The third kappa shape index (κ3) is 2.19. The molecule has 0 bridgehead atoms. The normalized spacial score (nSPS) is 21.5. The van der Waals surface area contributed by atoms with Gasteiger partial charge >= 0.3 is 0 Å². The zero-order chi connectivity index (χ0) is 10.7. The lowest BCUT2D eigenvalue weighted by Crippen LogP contribution is -2.38. The topological polar surface area (TPSA) is 41.0 Å². The van der Waals surface area contributed by atoms with Gasteiger partial charge < -0.3 is 10.2 Å². The number of aromatic nitrogens is 2. The molecular formula is C11H18N4. The third-order valence-electron chi connectivity index (χ3n) is 3.01. The fraction of sp³-hybridized carbons (Fsp3) is 0.636. The predicted octanol–water partition coefficient (Wildman–Crippen LogP) is 1.90. The average Bonchev–Trinajstić information content (AvgIpc) is 2.30. The zero-order valence-electron chi connectivity index (χ0n) is 9.40. The smallest absolute Gasteiger partial charge is 0.134 e. The van der Waals surface area contributed by atoms with Crippen LogP contribution in [0.15, 0.2) is 12.4 Å². The molecule has 2 heterocycles. The van der Waals surface area contributed by atoms with Crippen LogP contribution in [0.2, 0.25) is 0 Å². The molecule has 0 saturated carbocycles. The van der Waals surface area contributed by atoms with Gasteiger partial charge in [0.25, 0.3) is 0 Å². The summed E-state index contributed by atoms with van der Waals surface area (Å²) in [5.41, 5.74) is 0. The van der Waals surface area contributed by atoms with Crippen molar-refractivity contribution in [1.82, 2.24) is 9.97 Å². The van der Waals surface area contributed by atoms with Crippen molar-refractivity contribution >= 4 is 11.6 Å². The van der Waals surface area contributed by atoms with E-state index in [0.29, 0.717) is 6.04 Å². The molecule has 1 N–H and O–H groups in total. The van der Waals surface area contributed by atoms with Crippen LogP contribution in [-0.2, 0) is 0 Å². The molecule has 0 spiro atoms. The molecule has 1 atom stereocenters. The van der Waals surface area contributed by atoms with E-state index >= 15 is 0 Å². The fourth-order valence-electron chi connectivity index (χ4n) is 2.08. The van der Waals surface area contributed by atoms with Crippen molar-refractivity contribution in [2.24, 2.45) is 0 Å². The summed E-state index contributed by atoms with van der Waals surface area (Å²) in [5, 5.41) is 3.04. The molecule has 1 fully saturated rings. The second-order valence-electron chi connectivity index (χ2n) is 4.05. The number of nitrogens with one attached hydrogen (secondary N) is 1. The minimum atomic E-state index is 0.596. The van der Waals surface area contributed by atoms with Crippen molar-refractivity contribution in [3.05, 3.63) is 12.4 Å². The summed E-state index contributed by atoms with van der Waals surface area (Å²) in [6.45, 7) is 3.38. The van der Waals surface area contributed by atoms with Gasteiger partial charge in [0.05, 0.1) is 0 Å². The van der Waals surface area contributed by atoms with Gasteiger partial charge in [0.15, 0.2) is 0 Å².